The number of aromatic hydroxyl groups is 1. The van der Waals surface area contributed by atoms with Crippen molar-refractivity contribution in [3.63, 3.8) is 0 Å². The summed E-state index contributed by atoms with van der Waals surface area (Å²) in [5.41, 5.74) is 5.26. The fourth-order valence-corrected chi connectivity index (χ4v) is 3.49. The van der Waals surface area contributed by atoms with E-state index < -0.39 is 0 Å². The first kappa shape index (κ1) is 18.6. The molecule has 0 aliphatic carbocycles. The Balaban J connectivity index is 2.34. The normalized spacial score (nSPS) is 12.4. The van der Waals surface area contributed by atoms with Crippen LogP contribution in [0.5, 0.6) is 5.75 Å². The molecule has 24 heavy (non-hydrogen) atoms. The third-order valence-electron chi connectivity index (χ3n) is 4.58. The smallest absolute Gasteiger partial charge is 0.119 e. The number of rotatable bonds is 4. The third kappa shape index (κ3) is 4.41. The molecule has 1 N–H and O–H groups in total. The maximum atomic E-state index is 10.5. The fourth-order valence-electron chi connectivity index (χ4n) is 3.49. The van der Waals surface area contributed by atoms with Gasteiger partial charge in [0.05, 0.1) is 0 Å². The van der Waals surface area contributed by atoms with Gasteiger partial charge in [0.25, 0.3) is 0 Å². The molecule has 0 unspecified atom stereocenters. The minimum Gasteiger partial charge on any atom is -0.508 e. The summed E-state index contributed by atoms with van der Waals surface area (Å²) in [7, 11) is 0. The fraction of sp³-hybridized carbons (Fsp3) is 0.478. The van der Waals surface area contributed by atoms with Crippen LogP contribution in [0.25, 0.3) is 0 Å². The quantitative estimate of drug-likeness (QED) is 0.713. The highest BCUT2D eigenvalue weighted by Crippen LogP contribution is 2.40. The minimum absolute atomic E-state index is 0.0173. The van der Waals surface area contributed by atoms with Crippen molar-refractivity contribution in [1.29, 1.82) is 0 Å². The lowest BCUT2D eigenvalue weighted by atomic mass is 9.72. The number of hydrogen-bond acceptors (Lipinski definition) is 1. The van der Waals surface area contributed by atoms with Crippen molar-refractivity contribution < 1.29 is 5.11 Å². The van der Waals surface area contributed by atoms with Crippen molar-refractivity contribution in [3.05, 3.63) is 64.7 Å². The van der Waals surface area contributed by atoms with Gasteiger partial charge in [-0.2, -0.15) is 0 Å². The van der Waals surface area contributed by atoms with Gasteiger partial charge in [-0.1, -0.05) is 77.9 Å². The molecule has 0 atom stereocenters. The second kappa shape index (κ2) is 7.01. The van der Waals surface area contributed by atoms with Crippen molar-refractivity contribution in [2.75, 3.05) is 0 Å². The molecular weight excluding hydrogens is 292 g/mol. The van der Waals surface area contributed by atoms with Crippen molar-refractivity contribution in [2.45, 2.75) is 71.6 Å². The predicted molar refractivity (Wildman–Crippen MR) is 104 cm³/mol. The maximum absolute atomic E-state index is 10.5. The highest BCUT2D eigenvalue weighted by Gasteiger charge is 2.28. The van der Waals surface area contributed by atoms with E-state index in [2.05, 4.69) is 77.9 Å². The maximum Gasteiger partial charge on any atom is 0.119 e. The molecule has 0 spiro atoms. The Labute approximate surface area is 147 Å². The second-order valence-electron chi connectivity index (χ2n) is 8.82. The molecular formula is C23H32O. The van der Waals surface area contributed by atoms with Gasteiger partial charge >= 0.3 is 0 Å². The van der Waals surface area contributed by atoms with Crippen LogP contribution >= 0.6 is 0 Å². The van der Waals surface area contributed by atoms with Gasteiger partial charge in [-0.05, 0) is 58.4 Å². The number of benzene rings is 2. The SMILES string of the molecule is CC(C)(C)c1ccc(O)c(CCCc2ccccc2)c1C(C)(C)C. The van der Waals surface area contributed by atoms with E-state index in [0.717, 1.165) is 24.8 Å². The second-order valence-corrected chi connectivity index (χ2v) is 8.82. The van der Waals surface area contributed by atoms with E-state index in [1.807, 2.05) is 6.07 Å². The summed E-state index contributed by atoms with van der Waals surface area (Å²) in [5.74, 6) is 0.445. The zero-order chi connectivity index (χ0) is 18.0. The van der Waals surface area contributed by atoms with Crippen LogP contribution in [0.2, 0.25) is 0 Å². The summed E-state index contributed by atoms with van der Waals surface area (Å²) >= 11 is 0. The summed E-state index contributed by atoms with van der Waals surface area (Å²) in [5, 5.41) is 10.5. The molecule has 1 heteroatoms. The topological polar surface area (TPSA) is 20.2 Å². The lowest BCUT2D eigenvalue weighted by Gasteiger charge is -2.33. The summed E-state index contributed by atoms with van der Waals surface area (Å²) in [6, 6.07) is 14.6. The molecule has 0 aromatic heterocycles. The van der Waals surface area contributed by atoms with E-state index in [4.69, 9.17) is 0 Å². The number of phenols is 1. The van der Waals surface area contributed by atoms with Crippen LogP contribution in [0.15, 0.2) is 42.5 Å². The first-order valence-corrected chi connectivity index (χ1v) is 9.00. The van der Waals surface area contributed by atoms with Crippen LogP contribution in [-0.2, 0) is 23.7 Å². The van der Waals surface area contributed by atoms with Crippen molar-refractivity contribution in [3.8, 4) is 5.75 Å². The Kier molecular flexibility index (Phi) is 5.42. The van der Waals surface area contributed by atoms with E-state index >= 15 is 0 Å². The molecule has 0 aliphatic heterocycles. The van der Waals surface area contributed by atoms with E-state index in [9.17, 15) is 5.11 Å². The van der Waals surface area contributed by atoms with Crippen LogP contribution in [0.1, 0.15) is 70.2 Å². The van der Waals surface area contributed by atoms with Gasteiger partial charge in [-0.15, -0.1) is 0 Å². The highest BCUT2D eigenvalue weighted by molar-refractivity contribution is 5.50. The highest BCUT2D eigenvalue weighted by atomic mass is 16.3. The molecule has 2 aromatic carbocycles. The summed E-state index contributed by atoms with van der Waals surface area (Å²) in [4.78, 5) is 0. The van der Waals surface area contributed by atoms with Gasteiger partial charge < -0.3 is 5.11 Å². The van der Waals surface area contributed by atoms with E-state index in [-0.39, 0.29) is 10.8 Å². The largest absolute Gasteiger partial charge is 0.508 e. The van der Waals surface area contributed by atoms with Crippen LogP contribution in [0.3, 0.4) is 0 Å². The lowest BCUT2D eigenvalue weighted by Crippen LogP contribution is -2.24. The first-order valence-electron chi connectivity index (χ1n) is 9.00. The van der Waals surface area contributed by atoms with Gasteiger partial charge in [0.15, 0.2) is 0 Å². The molecule has 0 aliphatic rings. The van der Waals surface area contributed by atoms with Crippen molar-refractivity contribution >= 4 is 0 Å². The van der Waals surface area contributed by atoms with Gasteiger partial charge in [0.1, 0.15) is 5.75 Å². The zero-order valence-electron chi connectivity index (χ0n) is 16.1. The summed E-state index contributed by atoms with van der Waals surface area (Å²) in [6.45, 7) is 13.5. The minimum atomic E-state index is 0.0173. The molecule has 2 rings (SSSR count). The van der Waals surface area contributed by atoms with Gasteiger partial charge in [-0.25, -0.2) is 0 Å². The van der Waals surface area contributed by atoms with Gasteiger partial charge in [-0.3, -0.25) is 0 Å². The zero-order valence-corrected chi connectivity index (χ0v) is 16.1. The average Bonchev–Trinajstić information content (AvgIpc) is 2.47. The Morgan fingerprint density at radius 3 is 1.92 bits per heavy atom. The van der Waals surface area contributed by atoms with Crippen LogP contribution in [0.4, 0.5) is 0 Å². The predicted octanol–water partition coefficient (Wildman–Crippen LogP) is 6.16. The molecule has 130 valence electrons. The Bertz CT molecular complexity index is 670. The van der Waals surface area contributed by atoms with E-state index in [1.54, 1.807) is 0 Å². The Hall–Kier alpha value is -1.76. The molecule has 0 saturated heterocycles. The summed E-state index contributed by atoms with van der Waals surface area (Å²) in [6.07, 6.45) is 3.01. The molecule has 0 bridgehead atoms. The third-order valence-corrected chi connectivity index (χ3v) is 4.58. The van der Waals surface area contributed by atoms with Crippen LogP contribution in [-0.4, -0.2) is 5.11 Å². The Morgan fingerprint density at radius 2 is 1.38 bits per heavy atom. The molecule has 0 heterocycles. The standard InChI is InChI=1S/C23H32O/c1-22(2,3)19-15-16-20(24)18(21(19)23(4,5)6)14-10-13-17-11-8-7-9-12-17/h7-9,11-12,15-16,24H,10,13-14H2,1-6H3. The van der Waals surface area contributed by atoms with Crippen molar-refractivity contribution in [1.82, 2.24) is 0 Å². The van der Waals surface area contributed by atoms with Gasteiger partial charge in [0.2, 0.25) is 0 Å². The van der Waals surface area contributed by atoms with E-state index in [0.29, 0.717) is 5.75 Å². The van der Waals surface area contributed by atoms with Gasteiger partial charge in [0, 0.05) is 0 Å². The number of hydrogen-bond donors (Lipinski definition) is 1. The first-order chi connectivity index (χ1) is 11.1. The average molecular weight is 325 g/mol. The lowest BCUT2D eigenvalue weighted by molar-refractivity contribution is 0.454. The molecule has 2 aromatic rings. The molecule has 0 fully saturated rings. The van der Waals surface area contributed by atoms with Crippen LogP contribution in [0, 0.1) is 0 Å². The molecule has 0 saturated carbocycles. The van der Waals surface area contributed by atoms with E-state index in [1.165, 1.54) is 16.7 Å². The number of aryl methyl sites for hydroxylation is 1. The Morgan fingerprint density at radius 1 is 0.750 bits per heavy atom. The van der Waals surface area contributed by atoms with Crippen LogP contribution < -0.4 is 0 Å². The molecule has 1 nitrogen and oxygen atoms in total. The number of phenolic OH excluding ortho intramolecular Hbond substituents is 1. The summed E-state index contributed by atoms with van der Waals surface area (Å²) < 4.78 is 0. The molecule has 0 amide bonds. The monoisotopic (exact) mass is 324 g/mol. The van der Waals surface area contributed by atoms with Crippen molar-refractivity contribution in [2.24, 2.45) is 0 Å². The molecule has 0 radical (unpaired) electrons.